The van der Waals surface area contributed by atoms with Gasteiger partial charge in [0.25, 0.3) is 5.91 Å². The van der Waals surface area contributed by atoms with E-state index in [2.05, 4.69) is 20.9 Å². The number of aryl methyl sites for hydroxylation is 1. The SMILES string of the molecule is COC(=O)[C@H]1Cc2c([nH]c3ccccc23)-c2cccc(c2)C(=O)N[C@@H](C)C(=O)NCCc2ccccc2CCC(=O)N1. The van der Waals surface area contributed by atoms with E-state index < -0.39 is 18.1 Å². The van der Waals surface area contributed by atoms with E-state index in [1.807, 2.05) is 54.6 Å². The van der Waals surface area contributed by atoms with Crippen molar-refractivity contribution in [2.75, 3.05) is 13.7 Å². The van der Waals surface area contributed by atoms with Gasteiger partial charge in [-0.15, -0.1) is 0 Å². The number of para-hydroxylation sites is 1. The standard InChI is InChI=1S/C33H34N4O5/c1-20-31(39)34-17-16-22-9-4-3-8-21(22)14-15-29(38)36-28(33(41)42-2)19-26-25-12-5-6-13-27(25)37-30(26)23-10-7-11-24(18-23)32(40)35-20/h3-13,18,20,28,37H,14-17,19H2,1-2H3,(H,34,39)(H,35,40)(H,36,38)/t20-,28+/m0/s1. The second-order valence-electron chi connectivity index (χ2n) is 10.5. The van der Waals surface area contributed by atoms with Crippen molar-refractivity contribution in [2.24, 2.45) is 0 Å². The number of rotatable bonds is 1. The second-order valence-corrected chi connectivity index (χ2v) is 10.5. The fraction of sp³-hybridized carbons (Fsp3) is 0.273. The summed E-state index contributed by atoms with van der Waals surface area (Å²) in [6.45, 7) is 2.03. The van der Waals surface area contributed by atoms with E-state index in [-0.39, 0.29) is 30.6 Å². The fourth-order valence-corrected chi connectivity index (χ4v) is 5.39. The molecule has 3 amide bonds. The number of hydrogen-bond donors (Lipinski definition) is 4. The zero-order valence-electron chi connectivity index (χ0n) is 23.7. The summed E-state index contributed by atoms with van der Waals surface area (Å²) in [5.74, 6) is -1.47. The van der Waals surface area contributed by atoms with Crippen LogP contribution in [0.5, 0.6) is 0 Å². The minimum Gasteiger partial charge on any atom is -0.467 e. The van der Waals surface area contributed by atoms with Crippen LogP contribution in [0.2, 0.25) is 0 Å². The summed E-state index contributed by atoms with van der Waals surface area (Å²) in [5.41, 5.74) is 5.51. The highest BCUT2D eigenvalue weighted by atomic mass is 16.5. The highest BCUT2D eigenvalue weighted by molar-refractivity contribution is 5.99. The van der Waals surface area contributed by atoms with Crippen LogP contribution in [0.15, 0.2) is 72.8 Å². The number of carbonyl (C=O) groups excluding carboxylic acids is 4. The Labute approximate surface area is 244 Å². The van der Waals surface area contributed by atoms with Gasteiger partial charge in [0.05, 0.1) is 7.11 Å². The minimum atomic E-state index is -0.913. The molecule has 0 saturated carbocycles. The Kier molecular flexibility index (Phi) is 8.66. The molecule has 0 spiro atoms. The van der Waals surface area contributed by atoms with Gasteiger partial charge in [-0.25, -0.2) is 4.79 Å². The molecular weight excluding hydrogens is 532 g/mol. The summed E-state index contributed by atoms with van der Waals surface area (Å²) in [6.07, 6.45) is 1.41. The average molecular weight is 567 g/mol. The number of benzene rings is 3. The van der Waals surface area contributed by atoms with Gasteiger partial charge in [0.1, 0.15) is 12.1 Å². The van der Waals surface area contributed by atoms with Crippen molar-refractivity contribution in [2.45, 2.75) is 44.7 Å². The van der Waals surface area contributed by atoms with Crippen molar-refractivity contribution >= 4 is 34.6 Å². The molecule has 0 fully saturated rings. The number of hydrogen-bond acceptors (Lipinski definition) is 5. The molecule has 4 aromatic rings. The van der Waals surface area contributed by atoms with Crippen LogP contribution in [0, 0.1) is 0 Å². The second kappa shape index (κ2) is 12.7. The molecule has 0 unspecified atom stereocenters. The lowest BCUT2D eigenvalue weighted by Crippen LogP contribution is -2.45. The molecule has 0 aliphatic carbocycles. The number of nitrogens with one attached hydrogen (secondary N) is 4. The molecule has 9 nitrogen and oxygen atoms in total. The van der Waals surface area contributed by atoms with Crippen molar-refractivity contribution in [1.82, 2.24) is 20.9 Å². The number of amides is 3. The number of ether oxygens (including phenoxy) is 1. The average Bonchev–Trinajstić information content (AvgIpc) is 3.37. The Hall–Kier alpha value is -4.92. The smallest absolute Gasteiger partial charge is 0.328 e. The first-order chi connectivity index (χ1) is 20.3. The maximum Gasteiger partial charge on any atom is 0.328 e. The maximum absolute atomic E-state index is 13.2. The number of H-pyrrole nitrogens is 1. The number of carbonyl (C=O) groups is 4. The van der Waals surface area contributed by atoms with Gasteiger partial charge in [0, 0.05) is 41.5 Å². The zero-order valence-corrected chi connectivity index (χ0v) is 23.7. The fourth-order valence-electron chi connectivity index (χ4n) is 5.39. The van der Waals surface area contributed by atoms with Gasteiger partial charge in [-0.3, -0.25) is 14.4 Å². The summed E-state index contributed by atoms with van der Waals surface area (Å²) in [4.78, 5) is 55.4. The van der Waals surface area contributed by atoms with Gasteiger partial charge in [-0.1, -0.05) is 54.6 Å². The number of aromatic nitrogens is 1. The van der Waals surface area contributed by atoms with Crippen LogP contribution in [-0.4, -0.2) is 54.4 Å². The lowest BCUT2D eigenvalue weighted by molar-refractivity contribution is -0.145. The van der Waals surface area contributed by atoms with Crippen LogP contribution in [0.1, 0.15) is 40.4 Å². The Morgan fingerprint density at radius 3 is 2.33 bits per heavy atom. The molecule has 3 aromatic carbocycles. The van der Waals surface area contributed by atoms with Crippen LogP contribution in [0.25, 0.3) is 22.2 Å². The molecule has 4 N–H and O–H groups in total. The lowest BCUT2D eigenvalue weighted by atomic mass is 9.97. The molecule has 5 rings (SSSR count). The Morgan fingerprint density at radius 1 is 0.833 bits per heavy atom. The molecule has 2 bridgehead atoms. The van der Waals surface area contributed by atoms with E-state index >= 15 is 0 Å². The molecule has 1 aromatic heterocycles. The van der Waals surface area contributed by atoms with Gasteiger partial charge < -0.3 is 25.7 Å². The first-order valence-electron chi connectivity index (χ1n) is 14.1. The van der Waals surface area contributed by atoms with E-state index in [9.17, 15) is 19.2 Å². The molecule has 42 heavy (non-hydrogen) atoms. The zero-order chi connectivity index (χ0) is 29.6. The molecule has 0 saturated heterocycles. The normalized spacial score (nSPS) is 18.6. The molecule has 216 valence electrons. The molecule has 2 atom stereocenters. The third-order valence-electron chi connectivity index (χ3n) is 7.63. The Bertz CT molecular complexity index is 1640. The molecule has 0 radical (unpaired) electrons. The number of esters is 1. The van der Waals surface area contributed by atoms with Crippen LogP contribution in [-0.2, 0) is 38.4 Å². The van der Waals surface area contributed by atoms with Crippen molar-refractivity contribution in [3.63, 3.8) is 0 Å². The number of fused-ring (bicyclic) bond motifs is 7. The molecule has 1 aliphatic rings. The number of methoxy groups -OCH3 is 1. The van der Waals surface area contributed by atoms with Crippen molar-refractivity contribution in [3.8, 4) is 11.3 Å². The van der Waals surface area contributed by atoms with E-state index in [4.69, 9.17) is 4.74 Å². The summed E-state index contributed by atoms with van der Waals surface area (Å²) in [6, 6.07) is 20.9. The largest absolute Gasteiger partial charge is 0.467 e. The van der Waals surface area contributed by atoms with Gasteiger partial charge >= 0.3 is 5.97 Å². The third kappa shape index (κ3) is 6.35. The van der Waals surface area contributed by atoms with E-state index in [0.29, 0.717) is 24.9 Å². The van der Waals surface area contributed by atoms with Gasteiger partial charge in [-0.05, 0) is 60.2 Å². The van der Waals surface area contributed by atoms with Crippen molar-refractivity contribution in [1.29, 1.82) is 0 Å². The predicted molar refractivity (Wildman–Crippen MR) is 160 cm³/mol. The first kappa shape index (κ1) is 28.6. The molecular formula is C33H34N4O5. The highest BCUT2D eigenvalue weighted by Crippen LogP contribution is 2.32. The number of aromatic amines is 1. The summed E-state index contributed by atoms with van der Waals surface area (Å²) in [5, 5.41) is 9.48. The van der Waals surface area contributed by atoms with Crippen LogP contribution < -0.4 is 16.0 Å². The highest BCUT2D eigenvalue weighted by Gasteiger charge is 2.26. The quantitative estimate of drug-likeness (QED) is 0.262. The van der Waals surface area contributed by atoms with Crippen molar-refractivity contribution in [3.05, 3.63) is 95.1 Å². The Balaban J connectivity index is 1.55. The summed E-state index contributed by atoms with van der Waals surface area (Å²) < 4.78 is 5.08. The molecule has 1 aliphatic heterocycles. The van der Waals surface area contributed by atoms with E-state index in [1.165, 1.54) is 7.11 Å². The lowest BCUT2D eigenvalue weighted by Gasteiger charge is -2.18. The van der Waals surface area contributed by atoms with Crippen LogP contribution in [0.3, 0.4) is 0 Å². The summed E-state index contributed by atoms with van der Waals surface area (Å²) >= 11 is 0. The van der Waals surface area contributed by atoms with Crippen molar-refractivity contribution < 1.29 is 23.9 Å². The summed E-state index contributed by atoms with van der Waals surface area (Å²) in [7, 11) is 1.31. The predicted octanol–water partition coefficient (Wildman–Crippen LogP) is 3.46. The molecule has 2 heterocycles. The molecule has 9 heteroatoms. The first-order valence-corrected chi connectivity index (χ1v) is 14.1. The van der Waals surface area contributed by atoms with Gasteiger partial charge in [0.15, 0.2) is 0 Å². The van der Waals surface area contributed by atoms with E-state index in [0.717, 1.165) is 38.9 Å². The maximum atomic E-state index is 13.2. The van der Waals surface area contributed by atoms with Crippen LogP contribution >= 0.6 is 0 Å². The Morgan fingerprint density at radius 2 is 1.55 bits per heavy atom. The monoisotopic (exact) mass is 566 g/mol. The minimum absolute atomic E-state index is 0.183. The third-order valence-corrected chi connectivity index (χ3v) is 7.63. The van der Waals surface area contributed by atoms with E-state index in [1.54, 1.807) is 25.1 Å². The van der Waals surface area contributed by atoms with Gasteiger partial charge in [0.2, 0.25) is 11.8 Å². The topological polar surface area (TPSA) is 129 Å². The van der Waals surface area contributed by atoms with Gasteiger partial charge in [-0.2, -0.15) is 0 Å². The van der Waals surface area contributed by atoms with Crippen LogP contribution in [0.4, 0.5) is 0 Å².